The van der Waals surface area contributed by atoms with Gasteiger partial charge in [-0.05, 0) is 49.3 Å². The monoisotopic (exact) mass is 459 g/mol. The second-order valence-corrected chi connectivity index (χ2v) is 10.4. The van der Waals surface area contributed by atoms with Gasteiger partial charge in [0.2, 0.25) is 0 Å². The maximum absolute atomic E-state index is 13.6. The number of anilines is 1. The van der Waals surface area contributed by atoms with Gasteiger partial charge in [0.1, 0.15) is 0 Å². The molecular weight excluding hydrogens is 430 g/mol. The topological polar surface area (TPSA) is 70.6 Å². The first-order valence-corrected chi connectivity index (χ1v) is 13.2. The van der Waals surface area contributed by atoms with Crippen molar-refractivity contribution in [1.29, 1.82) is 0 Å². The molecule has 0 fully saturated rings. The molecule has 2 aromatic carbocycles. The van der Waals surface area contributed by atoms with Crippen LogP contribution in [0.4, 0.5) is 5.13 Å². The summed E-state index contributed by atoms with van der Waals surface area (Å²) in [5, 5.41) is 0.587. The molecule has 8 heteroatoms. The number of benzene rings is 2. The molecule has 31 heavy (non-hydrogen) atoms. The van der Waals surface area contributed by atoms with Crippen LogP contribution in [0.1, 0.15) is 36.7 Å². The molecule has 1 amide bonds. The molecule has 0 aliphatic rings. The van der Waals surface area contributed by atoms with Gasteiger partial charge in [0.15, 0.2) is 15.0 Å². The Hall–Kier alpha value is -2.29. The van der Waals surface area contributed by atoms with Crippen LogP contribution in [0.2, 0.25) is 0 Å². The molecular formula is C23H29N3O3S2. The number of thiazole rings is 1. The van der Waals surface area contributed by atoms with Crippen molar-refractivity contribution < 1.29 is 13.2 Å². The number of amides is 1. The van der Waals surface area contributed by atoms with Crippen LogP contribution in [0.5, 0.6) is 0 Å². The molecule has 1 aromatic heterocycles. The maximum Gasteiger partial charge on any atom is 0.261 e. The number of carbonyl (C=O) groups is 1. The van der Waals surface area contributed by atoms with Crippen LogP contribution >= 0.6 is 11.3 Å². The number of aromatic nitrogens is 1. The maximum atomic E-state index is 13.6. The number of hydrogen-bond acceptors (Lipinski definition) is 6. The fourth-order valence-electron chi connectivity index (χ4n) is 3.47. The van der Waals surface area contributed by atoms with E-state index in [-0.39, 0.29) is 16.4 Å². The van der Waals surface area contributed by atoms with Crippen molar-refractivity contribution in [1.82, 2.24) is 9.88 Å². The third-order valence-electron chi connectivity index (χ3n) is 5.38. The standard InChI is InChI=1S/C23H29N3O3S2/c1-5-17-12-13-19-20(16-17)30-23(24-19)26(15-14-25(6-2)7-3)22(27)18-10-8-9-11-21(18)31(4,28)29/h8-13,16H,5-7,14-15H2,1-4H3. The van der Waals surface area contributed by atoms with Gasteiger partial charge in [-0.15, -0.1) is 0 Å². The van der Waals surface area contributed by atoms with E-state index in [1.54, 1.807) is 23.1 Å². The van der Waals surface area contributed by atoms with E-state index in [1.165, 1.54) is 23.0 Å². The van der Waals surface area contributed by atoms with E-state index in [4.69, 9.17) is 4.98 Å². The number of hydrogen-bond donors (Lipinski definition) is 0. The summed E-state index contributed by atoms with van der Waals surface area (Å²) in [7, 11) is -3.54. The molecule has 0 saturated heterocycles. The largest absolute Gasteiger partial charge is 0.302 e. The van der Waals surface area contributed by atoms with E-state index in [1.807, 2.05) is 12.1 Å². The van der Waals surface area contributed by atoms with Gasteiger partial charge in [-0.1, -0.05) is 50.3 Å². The number of rotatable bonds is 9. The quantitative estimate of drug-likeness (QED) is 0.478. The van der Waals surface area contributed by atoms with Crippen molar-refractivity contribution in [3.8, 4) is 0 Å². The summed E-state index contributed by atoms with van der Waals surface area (Å²) in [5.41, 5.74) is 2.23. The lowest BCUT2D eigenvalue weighted by molar-refractivity contribution is 0.0980. The Morgan fingerprint density at radius 3 is 2.39 bits per heavy atom. The Bertz CT molecular complexity index is 1170. The first kappa shape index (κ1) is 23.4. The van der Waals surface area contributed by atoms with Gasteiger partial charge in [0, 0.05) is 19.3 Å². The van der Waals surface area contributed by atoms with Crippen molar-refractivity contribution in [2.24, 2.45) is 0 Å². The minimum atomic E-state index is -3.54. The zero-order valence-electron chi connectivity index (χ0n) is 18.5. The number of carbonyl (C=O) groups excluding carboxylic acids is 1. The summed E-state index contributed by atoms with van der Waals surface area (Å²) in [6, 6.07) is 12.5. The molecule has 1 heterocycles. The zero-order chi connectivity index (χ0) is 22.6. The molecule has 0 saturated carbocycles. The summed E-state index contributed by atoms with van der Waals surface area (Å²) in [4.78, 5) is 22.2. The van der Waals surface area contributed by atoms with Crippen molar-refractivity contribution in [2.75, 3.05) is 37.3 Å². The summed E-state index contributed by atoms with van der Waals surface area (Å²) < 4.78 is 25.6. The summed E-state index contributed by atoms with van der Waals surface area (Å²) in [5.74, 6) is -0.344. The molecule has 166 valence electrons. The molecule has 0 spiro atoms. The Balaban J connectivity index is 2.06. The average molecular weight is 460 g/mol. The summed E-state index contributed by atoms with van der Waals surface area (Å²) in [6.45, 7) is 9.12. The lowest BCUT2D eigenvalue weighted by Gasteiger charge is -2.25. The van der Waals surface area contributed by atoms with Crippen LogP contribution in [0.15, 0.2) is 47.4 Å². The van der Waals surface area contributed by atoms with Gasteiger partial charge in [0.25, 0.3) is 5.91 Å². The van der Waals surface area contributed by atoms with E-state index in [9.17, 15) is 13.2 Å². The molecule has 3 aromatic rings. The van der Waals surface area contributed by atoms with Gasteiger partial charge in [-0.3, -0.25) is 9.69 Å². The van der Waals surface area contributed by atoms with E-state index >= 15 is 0 Å². The van der Waals surface area contributed by atoms with Crippen LogP contribution < -0.4 is 4.90 Å². The summed E-state index contributed by atoms with van der Waals surface area (Å²) >= 11 is 1.46. The second kappa shape index (κ2) is 9.89. The zero-order valence-corrected chi connectivity index (χ0v) is 20.1. The van der Waals surface area contributed by atoms with Crippen LogP contribution in [0, 0.1) is 0 Å². The van der Waals surface area contributed by atoms with E-state index in [0.29, 0.717) is 18.2 Å². The SMILES string of the molecule is CCc1ccc2nc(N(CCN(CC)CC)C(=O)c3ccccc3S(C)(=O)=O)sc2c1. The molecule has 0 aliphatic heterocycles. The summed E-state index contributed by atoms with van der Waals surface area (Å²) in [6.07, 6.45) is 2.05. The van der Waals surface area contributed by atoms with E-state index in [0.717, 1.165) is 36.0 Å². The van der Waals surface area contributed by atoms with Gasteiger partial charge < -0.3 is 4.90 Å². The molecule has 0 bridgehead atoms. The average Bonchev–Trinajstić information content (AvgIpc) is 3.18. The number of sulfone groups is 1. The highest BCUT2D eigenvalue weighted by atomic mass is 32.2. The number of aryl methyl sites for hydroxylation is 1. The highest BCUT2D eigenvalue weighted by Gasteiger charge is 2.26. The first-order chi connectivity index (χ1) is 14.8. The third-order valence-corrected chi connectivity index (χ3v) is 7.57. The molecule has 0 aliphatic carbocycles. The van der Waals surface area contributed by atoms with Crippen LogP contribution in [-0.4, -0.2) is 56.6 Å². The minimum Gasteiger partial charge on any atom is -0.302 e. The predicted molar refractivity (Wildman–Crippen MR) is 128 cm³/mol. The Morgan fingerprint density at radius 1 is 1.03 bits per heavy atom. The number of nitrogens with zero attached hydrogens (tertiary/aromatic N) is 3. The fraction of sp³-hybridized carbons (Fsp3) is 0.391. The second-order valence-electron chi connectivity index (χ2n) is 7.40. The predicted octanol–water partition coefficient (Wildman–Crippen LogP) is 4.25. The molecule has 0 unspecified atom stereocenters. The minimum absolute atomic E-state index is 0.0437. The van der Waals surface area contributed by atoms with Crippen molar-refractivity contribution in [3.63, 3.8) is 0 Å². The van der Waals surface area contributed by atoms with Gasteiger partial charge in [0.05, 0.1) is 20.7 Å². The molecule has 0 atom stereocenters. The Kier molecular flexibility index (Phi) is 7.46. The Morgan fingerprint density at radius 2 is 1.74 bits per heavy atom. The lowest BCUT2D eigenvalue weighted by Crippen LogP contribution is -2.39. The molecule has 3 rings (SSSR count). The smallest absolute Gasteiger partial charge is 0.261 e. The van der Waals surface area contributed by atoms with Gasteiger partial charge in [-0.2, -0.15) is 0 Å². The van der Waals surface area contributed by atoms with Crippen LogP contribution in [0.25, 0.3) is 10.2 Å². The fourth-order valence-corrected chi connectivity index (χ4v) is 5.40. The van der Waals surface area contributed by atoms with Crippen LogP contribution in [-0.2, 0) is 16.3 Å². The van der Waals surface area contributed by atoms with Crippen molar-refractivity contribution >= 4 is 42.4 Å². The normalized spacial score (nSPS) is 11.9. The van der Waals surface area contributed by atoms with Crippen LogP contribution in [0.3, 0.4) is 0 Å². The number of fused-ring (bicyclic) bond motifs is 1. The molecule has 6 nitrogen and oxygen atoms in total. The van der Waals surface area contributed by atoms with Crippen molar-refractivity contribution in [3.05, 3.63) is 53.6 Å². The van der Waals surface area contributed by atoms with Gasteiger partial charge in [-0.25, -0.2) is 13.4 Å². The highest BCUT2D eigenvalue weighted by molar-refractivity contribution is 7.90. The lowest BCUT2D eigenvalue weighted by atomic mass is 10.2. The molecule has 0 N–H and O–H groups in total. The van der Waals surface area contributed by atoms with Crippen molar-refractivity contribution in [2.45, 2.75) is 32.1 Å². The first-order valence-electron chi connectivity index (χ1n) is 10.5. The highest BCUT2D eigenvalue weighted by Crippen LogP contribution is 2.31. The molecule has 0 radical (unpaired) electrons. The number of likely N-dealkylation sites (N-methyl/N-ethyl adjacent to an activating group) is 1. The van der Waals surface area contributed by atoms with E-state index < -0.39 is 9.84 Å². The Labute approximate surface area is 188 Å². The third kappa shape index (κ3) is 5.31. The van der Waals surface area contributed by atoms with E-state index in [2.05, 4.69) is 31.7 Å². The van der Waals surface area contributed by atoms with Gasteiger partial charge >= 0.3 is 0 Å².